The first kappa shape index (κ1) is 31.2. The van der Waals surface area contributed by atoms with Gasteiger partial charge in [-0.15, -0.1) is 31.3 Å². The number of dihydropyridines is 1. The number of pyridine rings is 1. The topological polar surface area (TPSA) is 145 Å². The molecule has 0 aromatic carbocycles. The van der Waals surface area contributed by atoms with E-state index in [-0.39, 0.29) is 6.04 Å². The maximum atomic E-state index is 8.74. The Kier molecular flexibility index (Phi) is 11.1. The minimum atomic E-state index is -4.67. The van der Waals surface area contributed by atoms with Gasteiger partial charge in [-0.05, 0) is 62.8 Å². The van der Waals surface area contributed by atoms with Crippen LogP contribution in [-0.2, 0) is 31.4 Å². The molecule has 0 fully saturated rings. The normalized spacial score (nSPS) is 29.5. The Morgan fingerprint density at radius 3 is 2.21 bits per heavy atom. The Bertz CT molecular complexity index is 1330. The molecule has 5 aliphatic rings. The van der Waals surface area contributed by atoms with Gasteiger partial charge >= 0.3 is 31.4 Å². The molecule has 6 unspecified atom stereocenters. The van der Waals surface area contributed by atoms with Crippen LogP contribution in [0.5, 0.6) is 0 Å². The third-order valence-corrected chi connectivity index (χ3v) is 7.56. The first-order chi connectivity index (χ1) is 18.5. The number of hydrogen-bond acceptors (Lipinski definition) is 5. The summed E-state index contributed by atoms with van der Waals surface area (Å²) >= 11 is 1.06. The van der Waals surface area contributed by atoms with Crippen LogP contribution in [0, 0.1) is 24.7 Å². The molecule has 9 nitrogen and oxygen atoms in total. The van der Waals surface area contributed by atoms with Gasteiger partial charge in [0.1, 0.15) is 0 Å². The van der Waals surface area contributed by atoms with Crippen molar-refractivity contribution >= 4 is 22.7 Å². The molecule has 0 saturated carbocycles. The number of hydrogen-bond donors (Lipinski definition) is 2. The summed E-state index contributed by atoms with van der Waals surface area (Å²) < 4.78 is 39.8. The van der Waals surface area contributed by atoms with Gasteiger partial charge in [-0.25, -0.2) is 0 Å². The van der Waals surface area contributed by atoms with E-state index in [2.05, 4.69) is 86.3 Å². The molecule has 11 heteroatoms. The number of aryl methyl sites for hydroxylation is 1. The molecular weight excluding hydrogens is 555 g/mol. The SMILES string of the molecule is CC1=CC=NC2C1C=CC1C(C)=CC[N-]C12.CC1=CC[N-]C2c3nccc(C)c3C=CC12.O=S(=O)(O)O.[O]=[V+2]. The Balaban J connectivity index is 0.000000175. The Morgan fingerprint density at radius 1 is 0.897 bits per heavy atom. The Labute approximate surface area is 240 Å². The summed E-state index contributed by atoms with van der Waals surface area (Å²) in [6, 6.07) is 3.00. The fourth-order valence-corrected chi connectivity index (χ4v) is 5.53. The van der Waals surface area contributed by atoms with Gasteiger partial charge < -0.3 is 10.6 Å². The summed E-state index contributed by atoms with van der Waals surface area (Å²) in [7, 11) is -4.67. The monoisotopic (exact) mass is 589 g/mol. The van der Waals surface area contributed by atoms with Gasteiger partial charge in [-0.1, -0.05) is 47.1 Å². The molecule has 6 rings (SSSR count). The molecule has 0 radical (unpaired) electrons. The minimum absolute atomic E-state index is 0.241. The summed E-state index contributed by atoms with van der Waals surface area (Å²) in [6.45, 7) is 10.4. The van der Waals surface area contributed by atoms with Crippen LogP contribution in [0.15, 0.2) is 70.4 Å². The summed E-state index contributed by atoms with van der Waals surface area (Å²) in [5, 5.41) is 9.45. The van der Waals surface area contributed by atoms with Crippen LogP contribution in [0.25, 0.3) is 16.7 Å². The van der Waals surface area contributed by atoms with Crippen LogP contribution in [-0.4, -0.2) is 53.9 Å². The van der Waals surface area contributed by atoms with Gasteiger partial charge in [0, 0.05) is 30.1 Å². The molecule has 3 aliphatic heterocycles. The third-order valence-electron chi connectivity index (χ3n) is 7.56. The van der Waals surface area contributed by atoms with Crippen molar-refractivity contribution in [3.63, 3.8) is 0 Å². The van der Waals surface area contributed by atoms with Crippen LogP contribution in [0.2, 0.25) is 0 Å². The van der Waals surface area contributed by atoms with Gasteiger partial charge in [-0.3, -0.25) is 19.1 Å². The fraction of sp³-hybridized carbons (Fsp3) is 0.429. The molecule has 6 atom stereocenters. The van der Waals surface area contributed by atoms with E-state index < -0.39 is 10.4 Å². The molecule has 207 valence electrons. The zero-order valence-corrected chi connectivity index (χ0v) is 24.6. The van der Waals surface area contributed by atoms with Crippen LogP contribution >= 0.6 is 0 Å². The molecule has 39 heavy (non-hydrogen) atoms. The number of fused-ring (bicyclic) bond motifs is 6. The van der Waals surface area contributed by atoms with E-state index in [1.165, 1.54) is 27.8 Å². The second-order valence-corrected chi connectivity index (χ2v) is 10.9. The number of nitrogens with zero attached hydrogens (tertiary/aromatic N) is 4. The number of aliphatic imine (C=N–C) groups is 1. The fourth-order valence-electron chi connectivity index (χ4n) is 5.53. The molecule has 0 bridgehead atoms. The molecule has 2 N–H and O–H groups in total. The van der Waals surface area contributed by atoms with Crippen molar-refractivity contribution < 1.29 is 38.6 Å². The third kappa shape index (κ3) is 7.88. The average Bonchev–Trinajstić information content (AvgIpc) is 2.90. The molecule has 1 aromatic rings. The number of aromatic nitrogens is 1. The average molecular weight is 590 g/mol. The first-order valence-electron chi connectivity index (χ1n) is 12.6. The van der Waals surface area contributed by atoms with Crippen LogP contribution in [0.4, 0.5) is 0 Å². The number of rotatable bonds is 0. The molecule has 0 saturated heterocycles. The van der Waals surface area contributed by atoms with Crippen molar-refractivity contribution in [1.82, 2.24) is 4.98 Å². The maximum absolute atomic E-state index is 8.74. The summed E-state index contributed by atoms with van der Waals surface area (Å²) in [5.74, 6) is 1.38. The Morgan fingerprint density at radius 2 is 1.51 bits per heavy atom. The molecule has 4 heterocycles. The first-order valence-corrected chi connectivity index (χ1v) is 14.6. The van der Waals surface area contributed by atoms with Crippen LogP contribution < -0.4 is 0 Å². The van der Waals surface area contributed by atoms with Gasteiger partial charge in [0.25, 0.3) is 0 Å². The van der Waals surface area contributed by atoms with Crippen molar-refractivity contribution in [2.75, 3.05) is 13.1 Å². The van der Waals surface area contributed by atoms with Crippen molar-refractivity contribution in [1.29, 1.82) is 0 Å². The van der Waals surface area contributed by atoms with E-state index in [9.17, 15) is 0 Å². The number of allylic oxidation sites excluding steroid dienone is 1. The summed E-state index contributed by atoms with van der Waals surface area (Å²) in [6.07, 6.45) is 19.6. The molecule has 0 spiro atoms. The van der Waals surface area contributed by atoms with Crippen molar-refractivity contribution in [2.45, 2.75) is 45.8 Å². The second-order valence-electron chi connectivity index (χ2n) is 9.96. The van der Waals surface area contributed by atoms with Crippen LogP contribution in [0.3, 0.4) is 0 Å². The van der Waals surface area contributed by atoms with E-state index >= 15 is 0 Å². The molecular formula is C28H34N4O5SV. The zero-order valence-electron chi connectivity index (χ0n) is 22.4. The molecule has 0 amide bonds. The summed E-state index contributed by atoms with van der Waals surface area (Å²) in [5.41, 5.74) is 8.00. The summed E-state index contributed by atoms with van der Waals surface area (Å²) in [4.78, 5) is 9.17. The quantitative estimate of drug-likeness (QED) is 0.301. The van der Waals surface area contributed by atoms with E-state index in [0.717, 1.165) is 36.2 Å². The van der Waals surface area contributed by atoms with Gasteiger partial charge in [0.05, 0.1) is 0 Å². The predicted molar refractivity (Wildman–Crippen MR) is 149 cm³/mol. The van der Waals surface area contributed by atoms with Gasteiger partial charge in [-0.2, -0.15) is 8.42 Å². The predicted octanol–water partition coefficient (Wildman–Crippen LogP) is 5.52. The molecule has 1 aromatic heterocycles. The zero-order chi connectivity index (χ0) is 28.7. The van der Waals surface area contributed by atoms with Gasteiger partial charge in [0.2, 0.25) is 0 Å². The van der Waals surface area contributed by atoms with E-state index in [1.54, 1.807) is 0 Å². The van der Waals surface area contributed by atoms with Crippen molar-refractivity contribution in [2.24, 2.45) is 22.7 Å². The second kappa shape index (κ2) is 13.9. The standard InChI is InChI=1S/C14H17N2.C14H15N2.H2O4S.O.V/c2*1-9-5-7-15-13-11(9)3-4-12-10(2)6-8-16-14(12)13;1-5(2,3)4;;/h3-7,11-14H,8H2,1-2H3;3-7,12,14H,8H2,1-2H3;(H2,1,2,3,4);;/q2*-1;;;+2. The van der Waals surface area contributed by atoms with Gasteiger partial charge in [0.15, 0.2) is 0 Å². The van der Waals surface area contributed by atoms with E-state index in [0.29, 0.717) is 29.8 Å². The van der Waals surface area contributed by atoms with Crippen molar-refractivity contribution in [3.8, 4) is 0 Å². The molecule has 2 aliphatic carbocycles. The van der Waals surface area contributed by atoms with E-state index in [1.807, 2.05) is 12.4 Å². The van der Waals surface area contributed by atoms with Crippen LogP contribution in [0.1, 0.15) is 43.6 Å². The van der Waals surface area contributed by atoms with Crippen molar-refractivity contribution in [3.05, 3.63) is 92.9 Å². The van der Waals surface area contributed by atoms with E-state index in [4.69, 9.17) is 31.8 Å². The Hall–Kier alpha value is -2.31.